The Morgan fingerprint density at radius 1 is 1.41 bits per heavy atom. The average Bonchev–Trinajstić information content (AvgIpc) is 3.12. The molecule has 2 N–H and O–H groups in total. The summed E-state index contributed by atoms with van der Waals surface area (Å²) >= 11 is 0. The molecule has 3 nitrogen and oxygen atoms in total. The number of nitrogens with one attached hydrogen (secondary N) is 1. The summed E-state index contributed by atoms with van der Waals surface area (Å²) < 4.78 is 0. The fourth-order valence-electron chi connectivity index (χ4n) is 2.24. The highest BCUT2D eigenvalue weighted by molar-refractivity contribution is 5.02. The van der Waals surface area contributed by atoms with E-state index in [-0.39, 0.29) is 6.61 Å². The molecule has 1 aliphatic rings. The van der Waals surface area contributed by atoms with Gasteiger partial charge in [0.05, 0.1) is 6.61 Å². The fraction of sp³-hybridized carbons (Fsp3) is 0.857. The summed E-state index contributed by atoms with van der Waals surface area (Å²) in [5.74, 6) is 0. The van der Waals surface area contributed by atoms with Gasteiger partial charge in [0.15, 0.2) is 0 Å². The second-order valence-electron chi connectivity index (χ2n) is 5.07. The molecular weight excluding hydrogens is 212 g/mol. The molecule has 0 aromatic heterocycles. The van der Waals surface area contributed by atoms with Gasteiger partial charge in [0.25, 0.3) is 0 Å². The summed E-state index contributed by atoms with van der Waals surface area (Å²) in [6, 6.07) is 1.31. The van der Waals surface area contributed by atoms with Gasteiger partial charge in [0.1, 0.15) is 0 Å². The molecule has 0 spiro atoms. The van der Waals surface area contributed by atoms with Crippen LogP contribution in [0.4, 0.5) is 0 Å². The highest BCUT2D eigenvalue weighted by Crippen LogP contribution is 2.18. The molecule has 1 fully saturated rings. The maximum Gasteiger partial charge on any atom is 0.0558 e. The van der Waals surface area contributed by atoms with Gasteiger partial charge in [-0.1, -0.05) is 20.4 Å². The van der Waals surface area contributed by atoms with Crippen molar-refractivity contribution in [2.75, 3.05) is 26.2 Å². The minimum Gasteiger partial charge on any atom is -0.395 e. The lowest BCUT2D eigenvalue weighted by atomic mass is 10.1. The molecule has 100 valence electrons. The molecule has 3 heteroatoms. The van der Waals surface area contributed by atoms with Crippen LogP contribution >= 0.6 is 0 Å². The maximum atomic E-state index is 9.13. The van der Waals surface area contributed by atoms with Crippen molar-refractivity contribution in [1.29, 1.82) is 0 Å². The van der Waals surface area contributed by atoms with Gasteiger partial charge in [-0.15, -0.1) is 0 Å². The molecule has 0 radical (unpaired) electrons. The predicted molar refractivity (Wildman–Crippen MR) is 73.2 cm³/mol. The lowest BCUT2D eigenvalue weighted by Crippen LogP contribution is -2.39. The van der Waals surface area contributed by atoms with E-state index >= 15 is 0 Å². The molecule has 0 aromatic carbocycles. The van der Waals surface area contributed by atoms with Crippen molar-refractivity contribution in [2.24, 2.45) is 0 Å². The first-order valence-electron chi connectivity index (χ1n) is 6.96. The van der Waals surface area contributed by atoms with Gasteiger partial charge in [-0.25, -0.2) is 0 Å². The number of hydrogen-bond acceptors (Lipinski definition) is 3. The van der Waals surface area contributed by atoms with E-state index in [0.29, 0.717) is 6.04 Å². The van der Waals surface area contributed by atoms with Crippen LogP contribution in [-0.4, -0.2) is 48.3 Å². The predicted octanol–water partition coefficient (Wildman–Crippen LogP) is 1.78. The molecular formula is C14H28N2O. The number of aliphatic hydroxyl groups is 1. The molecule has 0 saturated heterocycles. The lowest BCUT2D eigenvalue weighted by Gasteiger charge is -2.30. The molecule has 1 aliphatic carbocycles. The summed E-state index contributed by atoms with van der Waals surface area (Å²) in [7, 11) is 0. The summed E-state index contributed by atoms with van der Waals surface area (Å²) in [4.78, 5) is 2.36. The summed E-state index contributed by atoms with van der Waals surface area (Å²) in [5.41, 5.74) is 1.23. The maximum absolute atomic E-state index is 9.13. The van der Waals surface area contributed by atoms with E-state index in [9.17, 15) is 0 Å². The van der Waals surface area contributed by atoms with Crippen LogP contribution in [0, 0.1) is 0 Å². The highest BCUT2D eigenvalue weighted by Gasteiger charge is 2.21. The molecule has 1 rings (SSSR count). The molecule has 0 atom stereocenters. The van der Waals surface area contributed by atoms with E-state index in [0.717, 1.165) is 38.5 Å². The van der Waals surface area contributed by atoms with Crippen molar-refractivity contribution in [2.45, 2.75) is 51.6 Å². The standard InChI is InChI=1S/C14H28N2O/c1-4-14(5-2)16(8-9-17)11-12(3)10-15-13-6-7-13/h13-15,17H,3-11H2,1-2H3. The molecule has 0 amide bonds. The molecule has 0 aromatic rings. The molecule has 17 heavy (non-hydrogen) atoms. The smallest absolute Gasteiger partial charge is 0.0558 e. The van der Waals surface area contributed by atoms with Crippen LogP contribution in [0.2, 0.25) is 0 Å². The van der Waals surface area contributed by atoms with E-state index in [1.807, 2.05) is 0 Å². The number of hydrogen-bond donors (Lipinski definition) is 2. The number of nitrogens with zero attached hydrogens (tertiary/aromatic N) is 1. The van der Waals surface area contributed by atoms with Crippen molar-refractivity contribution in [3.8, 4) is 0 Å². The zero-order valence-corrected chi connectivity index (χ0v) is 11.4. The Balaban J connectivity index is 2.31. The monoisotopic (exact) mass is 240 g/mol. The first-order valence-corrected chi connectivity index (χ1v) is 6.96. The largest absolute Gasteiger partial charge is 0.395 e. The van der Waals surface area contributed by atoms with E-state index in [1.54, 1.807) is 0 Å². The zero-order valence-electron chi connectivity index (χ0n) is 11.4. The van der Waals surface area contributed by atoms with E-state index in [2.05, 4.69) is 30.6 Å². The topological polar surface area (TPSA) is 35.5 Å². The SMILES string of the molecule is C=C(CNC1CC1)CN(CCO)C(CC)CC. The third kappa shape index (κ3) is 5.66. The second kappa shape index (κ2) is 7.85. The van der Waals surface area contributed by atoms with Crippen LogP contribution in [0.5, 0.6) is 0 Å². The quantitative estimate of drug-likeness (QED) is 0.571. The van der Waals surface area contributed by atoms with Gasteiger partial charge in [0.2, 0.25) is 0 Å². The Hall–Kier alpha value is -0.380. The van der Waals surface area contributed by atoms with Crippen molar-refractivity contribution in [3.63, 3.8) is 0 Å². The summed E-state index contributed by atoms with van der Waals surface area (Å²) in [5, 5.41) is 12.6. The molecule has 1 saturated carbocycles. The van der Waals surface area contributed by atoms with Crippen molar-refractivity contribution in [3.05, 3.63) is 12.2 Å². The Morgan fingerprint density at radius 3 is 2.53 bits per heavy atom. The van der Waals surface area contributed by atoms with Crippen molar-refractivity contribution in [1.82, 2.24) is 10.2 Å². The number of aliphatic hydroxyl groups excluding tert-OH is 1. The van der Waals surface area contributed by atoms with Gasteiger partial charge in [-0.3, -0.25) is 4.90 Å². The van der Waals surface area contributed by atoms with Gasteiger partial charge >= 0.3 is 0 Å². The normalized spacial score (nSPS) is 15.8. The average molecular weight is 240 g/mol. The van der Waals surface area contributed by atoms with E-state index in [1.165, 1.54) is 18.4 Å². The highest BCUT2D eigenvalue weighted by atomic mass is 16.3. The van der Waals surface area contributed by atoms with Crippen molar-refractivity contribution < 1.29 is 5.11 Å². The van der Waals surface area contributed by atoms with Crippen LogP contribution in [0.15, 0.2) is 12.2 Å². The van der Waals surface area contributed by atoms with Crippen LogP contribution in [0.25, 0.3) is 0 Å². The third-order valence-electron chi connectivity index (χ3n) is 3.49. The number of rotatable bonds is 10. The Bertz CT molecular complexity index is 222. The molecule has 0 heterocycles. The molecule has 0 aliphatic heterocycles. The first-order chi connectivity index (χ1) is 8.21. The van der Waals surface area contributed by atoms with Gasteiger partial charge in [-0.05, 0) is 31.3 Å². The molecule has 0 bridgehead atoms. The fourth-order valence-corrected chi connectivity index (χ4v) is 2.24. The van der Waals surface area contributed by atoms with Crippen LogP contribution in [0.1, 0.15) is 39.5 Å². The Labute approximate surface area is 106 Å². The van der Waals surface area contributed by atoms with E-state index in [4.69, 9.17) is 5.11 Å². The van der Waals surface area contributed by atoms with Crippen LogP contribution in [0.3, 0.4) is 0 Å². The van der Waals surface area contributed by atoms with Crippen LogP contribution < -0.4 is 5.32 Å². The Morgan fingerprint density at radius 2 is 2.06 bits per heavy atom. The first kappa shape index (κ1) is 14.7. The minimum atomic E-state index is 0.236. The zero-order chi connectivity index (χ0) is 12.7. The van der Waals surface area contributed by atoms with Crippen LogP contribution in [-0.2, 0) is 0 Å². The summed E-state index contributed by atoms with van der Waals surface area (Å²) in [6.45, 7) is 11.4. The molecule has 0 unspecified atom stereocenters. The lowest BCUT2D eigenvalue weighted by molar-refractivity contribution is 0.154. The van der Waals surface area contributed by atoms with Gasteiger partial charge < -0.3 is 10.4 Å². The second-order valence-corrected chi connectivity index (χ2v) is 5.07. The van der Waals surface area contributed by atoms with Crippen molar-refractivity contribution >= 4 is 0 Å². The Kier molecular flexibility index (Phi) is 6.78. The van der Waals surface area contributed by atoms with Gasteiger partial charge in [0, 0.05) is 31.7 Å². The van der Waals surface area contributed by atoms with E-state index < -0.39 is 0 Å². The third-order valence-corrected chi connectivity index (χ3v) is 3.49. The summed E-state index contributed by atoms with van der Waals surface area (Å²) in [6.07, 6.45) is 4.92. The van der Waals surface area contributed by atoms with Gasteiger partial charge in [-0.2, -0.15) is 0 Å². The minimum absolute atomic E-state index is 0.236.